The normalized spacial score (nSPS) is 31.1. The Labute approximate surface area is 166 Å². The third-order valence-corrected chi connectivity index (χ3v) is 6.78. The van der Waals surface area contributed by atoms with Crippen molar-refractivity contribution < 1.29 is 9.53 Å². The number of pyridine rings is 1. The number of hydrogen-bond donors (Lipinski definition) is 1. The standard InChI is InChI=1S/C23H27N3O2/c1-16-3-2-4-17(11-16)13-26-14-20-19(21-5-8-23(20,15-26)28-21)12-25-22(27)18-6-9-24-10-7-18/h2-4,6-7,9-11,19-21H,5,8,12-15H2,1H3,(H,25,27)/t19-,20+,21+,23+/m0/s1. The molecule has 1 amide bonds. The fourth-order valence-electron chi connectivity index (χ4n) is 5.56. The fourth-order valence-corrected chi connectivity index (χ4v) is 5.56. The van der Waals surface area contributed by atoms with Gasteiger partial charge in [-0.15, -0.1) is 0 Å². The van der Waals surface area contributed by atoms with Gasteiger partial charge in [-0.25, -0.2) is 0 Å². The summed E-state index contributed by atoms with van der Waals surface area (Å²) in [6, 6.07) is 12.3. The van der Waals surface area contributed by atoms with Gasteiger partial charge in [0.2, 0.25) is 0 Å². The van der Waals surface area contributed by atoms with Gasteiger partial charge in [0.15, 0.2) is 0 Å². The maximum Gasteiger partial charge on any atom is 0.251 e. The molecule has 5 rings (SSSR count). The lowest BCUT2D eigenvalue weighted by atomic mass is 9.73. The minimum atomic E-state index is -0.0196. The highest BCUT2D eigenvalue weighted by Gasteiger charge is 2.62. The van der Waals surface area contributed by atoms with Crippen molar-refractivity contribution in [3.8, 4) is 0 Å². The number of nitrogens with zero attached hydrogens (tertiary/aromatic N) is 2. The van der Waals surface area contributed by atoms with Gasteiger partial charge in [-0.05, 0) is 37.5 Å². The fraction of sp³-hybridized carbons (Fsp3) is 0.478. The lowest BCUT2D eigenvalue weighted by Crippen LogP contribution is -2.41. The molecule has 0 saturated carbocycles. The van der Waals surface area contributed by atoms with Gasteiger partial charge >= 0.3 is 0 Å². The van der Waals surface area contributed by atoms with Gasteiger partial charge in [-0.2, -0.15) is 0 Å². The first-order valence-electron chi connectivity index (χ1n) is 10.3. The Balaban J connectivity index is 1.25. The molecule has 4 heterocycles. The van der Waals surface area contributed by atoms with Crippen molar-refractivity contribution in [2.45, 2.75) is 38.0 Å². The molecule has 1 aromatic heterocycles. The predicted octanol–water partition coefficient (Wildman–Crippen LogP) is 2.80. The molecule has 3 saturated heterocycles. The number of rotatable bonds is 5. The van der Waals surface area contributed by atoms with Crippen LogP contribution >= 0.6 is 0 Å². The number of amides is 1. The van der Waals surface area contributed by atoms with Gasteiger partial charge in [0, 0.05) is 56.0 Å². The van der Waals surface area contributed by atoms with Gasteiger partial charge in [0.25, 0.3) is 5.91 Å². The Bertz CT molecular complexity index is 871. The molecule has 2 aromatic rings. The van der Waals surface area contributed by atoms with E-state index in [0.29, 0.717) is 30.0 Å². The molecule has 5 heteroatoms. The molecule has 4 atom stereocenters. The van der Waals surface area contributed by atoms with Gasteiger partial charge in [0.05, 0.1) is 11.7 Å². The third kappa shape index (κ3) is 3.12. The van der Waals surface area contributed by atoms with Gasteiger partial charge in [0.1, 0.15) is 0 Å². The second kappa shape index (κ2) is 6.98. The summed E-state index contributed by atoms with van der Waals surface area (Å²) in [7, 11) is 0. The first-order chi connectivity index (χ1) is 13.6. The van der Waals surface area contributed by atoms with E-state index in [4.69, 9.17) is 4.74 Å². The maximum atomic E-state index is 12.4. The van der Waals surface area contributed by atoms with E-state index in [9.17, 15) is 4.79 Å². The number of nitrogens with one attached hydrogen (secondary N) is 1. The topological polar surface area (TPSA) is 54.5 Å². The molecule has 0 aliphatic carbocycles. The van der Waals surface area contributed by atoms with Crippen LogP contribution in [-0.4, -0.2) is 47.1 Å². The van der Waals surface area contributed by atoms with Gasteiger partial charge < -0.3 is 10.1 Å². The summed E-state index contributed by atoms with van der Waals surface area (Å²) in [5, 5.41) is 3.14. The SMILES string of the molecule is Cc1cccc(CN2C[C@@H]3[C@H](CNC(=O)c4ccncc4)[C@H]4CC[C@]3(C2)O4)c1. The quantitative estimate of drug-likeness (QED) is 0.871. The minimum Gasteiger partial charge on any atom is -0.370 e. The van der Waals surface area contributed by atoms with E-state index in [-0.39, 0.29) is 11.5 Å². The minimum absolute atomic E-state index is 0.000548. The van der Waals surface area contributed by atoms with Crippen molar-refractivity contribution in [1.82, 2.24) is 15.2 Å². The smallest absolute Gasteiger partial charge is 0.251 e. The molecular formula is C23H27N3O2. The van der Waals surface area contributed by atoms with Crippen LogP contribution in [-0.2, 0) is 11.3 Å². The summed E-state index contributed by atoms with van der Waals surface area (Å²) >= 11 is 0. The summed E-state index contributed by atoms with van der Waals surface area (Å²) in [5.41, 5.74) is 3.35. The molecule has 5 nitrogen and oxygen atoms in total. The highest BCUT2D eigenvalue weighted by atomic mass is 16.5. The zero-order chi connectivity index (χ0) is 19.1. The summed E-state index contributed by atoms with van der Waals surface area (Å²) in [4.78, 5) is 19.0. The Hall–Kier alpha value is -2.24. The summed E-state index contributed by atoms with van der Waals surface area (Å²) in [6.45, 7) is 5.88. The second-order valence-electron chi connectivity index (χ2n) is 8.63. The van der Waals surface area contributed by atoms with Crippen LogP contribution in [0.1, 0.15) is 34.3 Å². The maximum absolute atomic E-state index is 12.4. The number of aryl methyl sites for hydroxylation is 1. The molecule has 2 bridgehead atoms. The average Bonchev–Trinajstić information content (AvgIpc) is 3.35. The number of aromatic nitrogens is 1. The Morgan fingerprint density at radius 2 is 2.18 bits per heavy atom. The Morgan fingerprint density at radius 3 is 3.00 bits per heavy atom. The van der Waals surface area contributed by atoms with Crippen molar-refractivity contribution in [3.63, 3.8) is 0 Å². The van der Waals surface area contributed by atoms with E-state index in [2.05, 4.69) is 46.4 Å². The van der Waals surface area contributed by atoms with Crippen molar-refractivity contribution >= 4 is 5.91 Å². The summed E-state index contributed by atoms with van der Waals surface area (Å²) in [5.74, 6) is 0.893. The number of ether oxygens (including phenoxy) is 1. The molecule has 3 aliphatic rings. The number of hydrogen-bond acceptors (Lipinski definition) is 4. The monoisotopic (exact) mass is 377 g/mol. The highest BCUT2D eigenvalue weighted by molar-refractivity contribution is 5.93. The molecule has 0 unspecified atom stereocenters. The van der Waals surface area contributed by atoms with E-state index < -0.39 is 0 Å². The molecular weight excluding hydrogens is 350 g/mol. The lowest BCUT2D eigenvalue weighted by molar-refractivity contribution is 0.00212. The number of fused-ring (bicyclic) bond motifs is 1. The van der Waals surface area contributed by atoms with Crippen LogP contribution in [0.4, 0.5) is 0 Å². The number of carbonyl (C=O) groups excluding carboxylic acids is 1. The van der Waals surface area contributed by atoms with E-state index in [1.165, 1.54) is 11.1 Å². The van der Waals surface area contributed by atoms with Crippen molar-refractivity contribution in [1.29, 1.82) is 0 Å². The molecule has 3 aliphatic heterocycles. The first kappa shape index (κ1) is 17.8. The Morgan fingerprint density at radius 1 is 1.32 bits per heavy atom. The molecule has 3 fully saturated rings. The van der Waals surface area contributed by atoms with E-state index in [0.717, 1.165) is 32.5 Å². The molecule has 1 spiro atoms. The number of likely N-dealkylation sites (tertiary alicyclic amines) is 1. The second-order valence-corrected chi connectivity index (χ2v) is 8.63. The van der Waals surface area contributed by atoms with Crippen LogP contribution in [0, 0.1) is 18.8 Å². The largest absolute Gasteiger partial charge is 0.370 e. The summed E-state index contributed by atoms with van der Waals surface area (Å²) < 4.78 is 6.52. The van der Waals surface area contributed by atoms with Gasteiger partial charge in [-0.3, -0.25) is 14.7 Å². The third-order valence-electron chi connectivity index (χ3n) is 6.78. The number of benzene rings is 1. The summed E-state index contributed by atoms with van der Waals surface area (Å²) in [6.07, 6.45) is 5.88. The van der Waals surface area contributed by atoms with Crippen molar-refractivity contribution in [3.05, 3.63) is 65.5 Å². The molecule has 0 radical (unpaired) electrons. The average molecular weight is 377 g/mol. The molecule has 1 aromatic carbocycles. The van der Waals surface area contributed by atoms with Crippen LogP contribution in [0.2, 0.25) is 0 Å². The highest BCUT2D eigenvalue weighted by Crippen LogP contribution is 2.54. The van der Waals surface area contributed by atoms with E-state index in [1.54, 1.807) is 24.5 Å². The van der Waals surface area contributed by atoms with Crippen LogP contribution in [0.25, 0.3) is 0 Å². The van der Waals surface area contributed by atoms with Crippen LogP contribution in [0.3, 0.4) is 0 Å². The van der Waals surface area contributed by atoms with Crippen molar-refractivity contribution in [2.24, 2.45) is 11.8 Å². The van der Waals surface area contributed by atoms with Crippen LogP contribution < -0.4 is 5.32 Å². The Kier molecular flexibility index (Phi) is 4.44. The van der Waals surface area contributed by atoms with Crippen molar-refractivity contribution in [2.75, 3.05) is 19.6 Å². The van der Waals surface area contributed by atoms with Crippen LogP contribution in [0.5, 0.6) is 0 Å². The van der Waals surface area contributed by atoms with E-state index >= 15 is 0 Å². The molecule has 146 valence electrons. The van der Waals surface area contributed by atoms with Crippen LogP contribution in [0.15, 0.2) is 48.8 Å². The molecule has 1 N–H and O–H groups in total. The molecule has 28 heavy (non-hydrogen) atoms. The zero-order valence-electron chi connectivity index (χ0n) is 16.3. The number of carbonyl (C=O) groups is 1. The lowest BCUT2D eigenvalue weighted by Gasteiger charge is -2.29. The van der Waals surface area contributed by atoms with E-state index in [1.807, 2.05) is 0 Å². The van der Waals surface area contributed by atoms with Gasteiger partial charge in [-0.1, -0.05) is 29.8 Å². The zero-order valence-corrected chi connectivity index (χ0v) is 16.3. The predicted molar refractivity (Wildman–Crippen MR) is 107 cm³/mol. The first-order valence-corrected chi connectivity index (χ1v) is 10.3.